The molecule has 5 heteroatoms. The SMILES string of the molecule is CC[C@H](N[C@@H](C)C(=O)Nc1ccccc1OC)c1ccc(Br)cc1. The second-order valence-electron chi connectivity index (χ2n) is 5.59. The molecule has 0 bridgehead atoms. The summed E-state index contributed by atoms with van der Waals surface area (Å²) < 4.78 is 6.31. The van der Waals surface area contributed by atoms with Gasteiger partial charge in [0, 0.05) is 10.5 Å². The third-order valence-corrected chi connectivity index (χ3v) is 4.42. The highest BCUT2D eigenvalue weighted by Crippen LogP contribution is 2.24. The Kier molecular flexibility index (Phi) is 6.82. The topological polar surface area (TPSA) is 50.4 Å². The molecule has 0 heterocycles. The van der Waals surface area contributed by atoms with E-state index >= 15 is 0 Å². The van der Waals surface area contributed by atoms with Gasteiger partial charge in [-0.2, -0.15) is 0 Å². The molecule has 0 saturated carbocycles. The fraction of sp³-hybridized carbons (Fsp3) is 0.316. The number of carbonyl (C=O) groups excluding carboxylic acids is 1. The summed E-state index contributed by atoms with van der Waals surface area (Å²) in [6.45, 7) is 3.97. The molecule has 0 saturated heterocycles. The van der Waals surface area contributed by atoms with E-state index in [4.69, 9.17) is 4.74 Å². The number of para-hydroxylation sites is 2. The molecule has 0 aliphatic carbocycles. The standard InChI is InChI=1S/C19H23BrN2O2/c1-4-16(14-9-11-15(20)12-10-14)21-13(2)19(23)22-17-7-5-6-8-18(17)24-3/h5-13,16,21H,4H2,1-3H3,(H,22,23)/t13-,16-/m0/s1. The second-order valence-corrected chi connectivity index (χ2v) is 6.51. The van der Waals surface area contributed by atoms with Crippen molar-refractivity contribution in [2.24, 2.45) is 0 Å². The van der Waals surface area contributed by atoms with E-state index in [2.05, 4.69) is 45.6 Å². The van der Waals surface area contributed by atoms with E-state index in [-0.39, 0.29) is 18.0 Å². The van der Waals surface area contributed by atoms with E-state index in [1.165, 1.54) is 0 Å². The Morgan fingerprint density at radius 2 is 1.83 bits per heavy atom. The van der Waals surface area contributed by atoms with Crippen LogP contribution >= 0.6 is 15.9 Å². The molecule has 2 N–H and O–H groups in total. The third kappa shape index (κ3) is 4.82. The number of benzene rings is 2. The lowest BCUT2D eigenvalue weighted by Crippen LogP contribution is -2.40. The van der Waals surface area contributed by atoms with Crippen LogP contribution in [0.2, 0.25) is 0 Å². The number of halogens is 1. The monoisotopic (exact) mass is 390 g/mol. The molecule has 2 atom stereocenters. The molecule has 2 rings (SSSR count). The van der Waals surface area contributed by atoms with Gasteiger partial charge in [0.15, 0.2) is 0 Å². The number of amides is 1. The molecule has 0 fully saturated rings. The van der Waals surface area contributed by atoms with Crippen LogP contribution in [-0.2, 0) is 4.79 Å². The molecule has 2 aromatic carbocycles. The molecule has 0 unspecified atom stereocenters. The predicted molar refractivity (Wildman–Crippen MR) is 101 cm³/mol. The molecule has 2 aromatic rings. The summed E-state index contributed by atoms with van der Waals surface area (Å²) in [7, 11) is 1.59. The fourth-order valence-electron chi connectivity index (χ4n) is 2.51. The summed E-state index contributed by atoms with van der Waals surface area (Å²) >= 11 is 3.44. The van der Waals surface area contributed by atoms with Gasteiger partial charge in [-0.3, -0.25) is 10.1 Å². The first-order valence-corrected chi connectivity index (χ1v) is 8.79. The van der Waals surface area contributed by atoms with Gasteiger partial charge in [-0.15, -0.1) is 0 Å². The zero-order chi connectivity index (χ0) is 17.5. The van der Waals surface area contributed by atoms with Gasteiger partial charge in [-0.25, -0.2) is 0 Å². The minimum absolute atomic E-state index is 0.0879. The third-order valence-electron chi connectivity index (χ3n) is 3.89. The Morgan fingerprint density at radius 3 is 2.46 bits per heavy atom. The molecule has 0 aromatic heterocycles. The van der Waals surface area contributed by atoms with Crippen LogP contribution in [0.5, 0.6) is 5.75 Å². The highest BCUT2D eigenvalue weighted by Gasteiger charge is 2.19. The second kappa shape index (κ2) is 8.85. The van der Waals surface area contributed by atoms with Crippen LogP contribution in [0, 0.1) is 0 Å². The van der Waals surface area contributed by atoms with Gasteiger partial charge in [-0.1, -0.05) is 47.1 Å². The maximum absolute atomic E-state index is 12.5. The Morgan fingerprint density at radius 1 is 1.17 bits per heavy atom. The molecular formula is C19H23BrN2O2. The number of hydrogen-bond acceptors (Lipinski definition) is 3. The number of carbonyl (C=O) groups is 1. The van der Waals surface area contributed by atoms with Crippen molar-refractivity contribution in [2.45, 2.75) is 32.4 Å². The van der Waals surface area contributed by atoms with E-state index in [0.717, 1.165) is 16.5 Å². The molecule has 4 nitrogen and oxygen atoms in total. The number of ether oxygens (including phenoxy) is 1. The molecule has 0 spiro atoms. The van der Waals surface area contributed by atoms with Crippen molar-refractivity contribution in [2.75, 3.05) is 12.4 Å². The highest BCUT2D eigenvalue weighted by molar-refractivity contribution is 9.10. The van der Waals surface area contributed by atoms with E-state index in [1.54, 1.807) is 7.11 Å². The first-order chi connectivity index (χ1) is 11.5. The van der Waals surface area contributed by atoms with Crippen LogP contribution in [-0.4, -0.2) is 19.1 Å². The number of rotatable bonds is 7. The summed E-state index contributed by atoms with van der Waals surface area (Å²) in [6.07, 6.45) is 0.897. The normalized spacial score (nSPS) is 13.2. The zero-order valence-electron chi connectivity index (χ0n) is 14.2. The maximum Gasteiger partial charge on any atom is 0.241 e. The Hall–Kier alpha value is -1.85. The van der Waals surface area contributed by atoms with Crippen molar-refractivity contribution in [3.8, 4) is 5.75 Å². The van der Waals surface area contributed by atoms with Gasteiger partial charge in [0.2, 0.25) is 5.91 Å². The molecule has 128 valence electrons. The number of nitrogens with one attached hydrogen (secondary N) is 2. The van der Waals surface area contributed by atoms with E-state index < -0.39 is 0 Å². The quantitative estimate of drug-likeness (QED) is 0.730. The number of methoxy groups -OCH3 is 1. The van der Waals surface area contributed by atoms with Crippen molar-refractivity contribution < 1.29 is 9.53 Å². The van der Waals surface area contributed by atoms with Crippen molar-refractivity contribution in [3.05, 3.63) is 58.6 Å². The number of anilines is 1. The van der Waals surface area contributed by atoms with Crippen LogP contribution in [0.3, 0.4) is 0 Å². The largest absolute Gasteiger partial charge is 0.495 e. The highest BCUT2D eigenvalue weighted by atomic mass is 79.9. The van der Waals surface area contributed by atoms with E-state index in [1.807, 2.05) is 43.3 Å². The first kappa shape index (κ1) is 18.5. The minimum Gasteiger partial charge on any atom is -0.495 e. The Balaban J connectivity index is 2.03. The lowest BCUT2D eigenvalue weighted by atomic mass is 10.0. The molecule has 0 radical (unpaired) electrons. The van der Waals surface area contributed by atoms with Gasteiger partial charge < -0.3 is 10.1 Å². The Labute approximate surface area is 151 Å². The summed E-state index contributed by atoms with van der Waals surface area (Å²) in [5.41, 5.74) is 1.84. The molecular weight excluding hydrogens is 368 g/mol. The van der Waals surface area contributed by atoms with Crippen molar-refractivity contribution in [3.63, 3.8) is 0 Å². The van der Waals surface area contributed by atoms with E-state index in [9.17, 15) is 4.79 Å². The van der Waals surface area contributed by atoms with Gasteiger partial charge in [0.05, 0.1) is 18.8 Å². The van der Waals surface area contributed by atoms with Crippen LogP contribution in [0.1, 0.15) is 31.9 Å². The maximum atomic E-state index is 12.5. The fourth-order valence-corrected chi connectivity index (χ4v) is 2.78. The number of hydrogen-bond donors (Lipinski definition) is 2. The van der Waals surface area contributed by atoms with Gasteiger partial charge >= 0.3 is 0 Å². The molecule has 0 aliphatic rings. The average molecular weight is 391 g/mol. The van der Waals surface area contributed by atoms with Crippen LogP contribution in [0.25, 0.3) is 0 Å². The lowest BCUT2D eigenvalue weighted by molar-refractivity contribution is -0.118. The van der Waals surface area contributed by atoms with Crippen LogP contribution in [0.4, 0.5) is 5.69 Å². The molecule has 1 amide bonds. The zero-order valence-corrected chi connectivity index (χ0v) is 15.8. The average Bonchev–Trinajstić information content (AvgIpc) is 2.60. The molecule has 0 aliphatic heterocycles. The lowest BCUT2D eigenvalue weighted by Gasteiger charge is -2.22. The smallest absolute Gasteiger partial charge is 0.241 e. The van der Waals surface area contributed by atoms with Crippen LogP contribution < -0.4 is 15.4 Å². The molecule has 24 heavy (non-hydrogen) atoms. The van der Waals surface area contributed by atoms with Crippen molar-refractivity contribution in [1.29, 1.82) is 0 Å². The summed E-state index contributed by atoms with van der Waals surface area (Å²) in [6, 6.07) is 15.3. The van der Waals surface area contributed by atoms with Gasteiger partial charge in [0.25, 0.3) is 0 Å². The van der Waals surface area contributed by atoms with Crippen molar-refractivity contribution in [1.82, 2.24) is 5.32 Å². The first-order valence-electron chi connectivity index (χ1n) is 8.00. The summed E-state index contributed by atoms with van der Waals surface area (Å²) in [5.74, 6) is 0.563. The predicted octanol–water partition coefficient (Wildman–Crippen LogP) is 4.53. The summed E-state index contributed by atoms with van der Waals surface area (Å²) in [4.78, 5) is 12.5. The Bertz CT molecular complexity index is 673. The summed E-state index contributed by atoms with van der Waals surface area (Å²) in [5, 5.41) is 6.31. The van der Waals surface area contributed by atoms with Gasteiger partial charge in [-0.05, 0) is 43.2 Å². The van der Waals surface area contributed by atoms with Crippen molar-refractivity contribution >= 4 is 27.5 Å². The minimum atomic E-state index is -0.330. The van der Waals surface area contributed by atoms with Crippen LogP contribution in [0.15, 0.2) is 53.0 Å². The van der Waals surface area contributed by atoms with Gasteiger partial charge in [0.1, 0.15) is 5.75 Å². The van der Waals surface area contributed by atoms with E-state index in [0.29, 0.717) is 11.4 Å².